The summed E-state index contributed by atoms with van der Waals surface area (Å²) in [6, 6.07) is 0. The molecule has 0 aliphatic heterocycles. The van der Waals surface area contributed by atoms with Crippen LogP contribution in [0, 0.1) is 0 Å². The van der Waals surface area contributed by atoms with Crippen molar-refractivity contribution in [2.75, 3.05) is 42.8 Å². The molecule has 0 spiro atoms. The van der Waals surface area contributed by atoms with E-state index >= 15 is 0 Å². The normalized spacial score (nSPS) is 10.2. The number of carbonyl (C=O) groups is 1. The first-order valence-corrected chi connectivity index (χ1v) is 8.47. The Labute approximate surface area is 160 Å². The number of halogens is 1. The zero-order chi connectivity index (χ0) is 18.4. The second kappa shape index (κ2) is 9.91. The predicted octanol–water partition coefficient (Wildman–Crippen LogP) is 2.31. The molecule has 0 saturated carbocycles. The fourth-order valence-electron chi connectivity index (χ4n) is 2.23. The molecule has 26 heavy (non-hydrogen) atoms. The lowest BCUT2D eigenvalue weighted by molar-refractivity contribution is -0.127. The van der Waals surface area contributed by atoms with Gasteiger partial charge in [-0.2, -0.15) is 4.98 Å². The van der Waals surface area contributed by atoms with E-state index in [2.05, 4.69) is 37.6 Å². The van der Waals surface area contributed by atoms with E-state index in [-0.39, 0.29) is 18.3 Å². The Balaban J connectivity index is 0.00000338. The Morgan fingerprint density at radius 3 is 2.42 bits per heavy atom. The molecule has 144 valence electrons. The van der Waals surface area contributed by atoms with Gasteiger partial charge < -0.3 is 10.2 Å². The van der Waals surface area contributed by atoms with Crippen LogP contribution in [0.5, 0.6) is 0 Å². The predicted molar refractivity (Wildman–Crippen MR) is 107 cm³/mol. The van der Waals surface area contributed by atoms with E-state index in [0.29, 0.717) is 35.3 Å². The summed E-state index contributed by atoms with van der Waals surface area (Å²) in [7, 11) is 3.80. The second-order valence-corrected chi connectivity index (χ2v) is 5.90. The molecule has 2 aromatic heterocycles. The lowest BCUT2D eigenvalue weighted by Crippen LogP contribution is -2.35. The highest BCUT2D eigenvalue weighted by molar-refractivity contribution is 5.87. The molecule has 2 aromatic rings. The number of hydrogen-bond donors (Lipinski definition) is 2. The molecule has 0 aliphatic rings. The highest BCUT2D eigenvalue weighted by Crippen LogP contribution is 2.22. The van der Waals surface area contributed by atoms with Gasteiger partial charge in [-0.05, 0) is 12.8 Å². The van der Waals surface area contributed by atoms with Crippen LogP contribution in [0.3, 0.4) is 0 Å². The molecular weight excluding hydrogens is 356 g/mol. The van der Waals surface area contributed by atoms with E-state index in [1.807, 2.05) is 25.9 Å². The summed E-state index contributed by atoms with van der Waals surface area (Å²) in [5, 5.41) is 4.68. The van der Waals surface area contributed by atoms with Crippen LogP contribution in [0.15, 0.2) is 6.20 Å². The molecule has 10 heteroatoms. The van der Waals surface area contributed by atoms with E-state index < -0.39 is 0 Å². The number of hydrazine groups is 1. The van der Waals surface area contributed by atoms with Crippen molar-refractivity contribution in [3.05, 3.63) is 6.20 Å². The van der Waals surface area contributed by atoms with Crippen molar-refractivity contribution in [1.29, 1.82) is 0 Å². The van der Waals surface area contributed by atoms with Crippen LogP contribution in [0.1, 0.15) is 33.6 Å². The highest BCUT2D eigenvalue weighted by atomic mass is 35.5. The van der Waals surface area contributed by atoms with Crippen molar-refractivity contribution >= 4 is 47.1 Å². The third kappa shape index (κ3) is 5.29. The smallest absolute Gasteiger partial charge is 0.242 e. The largest absolute Gasteiger partial charge is 0.361 e. The van der Waals surface area contributed by atoms with Gasteiger partial charge in [-0.15, -0.1) is 12.4 Å². The van der Waals surface area contributed by atoms with Gasteiger partial charge in [0.2, 0.25) is 17.8 Å². The summed E-state index contributed by atoms with van der Waals surface area (Å²) in [6.07, 6.45) is 3.45. The molecule has 2 heterocycles. The minimum Gasteiger partial charge on any atom is -0.361 e. The van der Waals surface area contributed by atoms with Gasteiger partial charge in [0.1, 0.15) is 11.0 Å². The number of anilines is 3. The summed E-state index contributed by atoms with van der Waals surface area (Å²) in [4.78, 5) is 31.4. The monoisotopic (exact) mass is 382 g/mol. The maximum absolute atomic E-state index is 11.7. The Kier molecular flexibility index (Phi) is 8.24. The fourth-order valence-corrected chi connectivity index (χ4v) is 2.23. The number of hydrogen-bond acceptors (Lipinski definition) is 8. The van der Waals surface area contributed by atoms with Crippen LogP contribution in [-0.2, 0) is 4.79 Å². The van der Waals surface area contributed by atoms with Gasteiger partial charge >= 0.3 is 0 Å². The van der Waals surface area contributed by atoms with E-state index in [4.69, 9.17) is 0 Å². The SMILES string of the molecule is CCCNc1nc(N(C)C)c2nc(NN(CCC)C(C)=O)ncc2n1.Cl. The van der Waals surface area contributed by atoms with Crippen LogP contribution in [0.25, 0.3) is 11.0 Å². The number of rotatable bonds is 8. The molecule has 0 aliphatic carbocycles. The molecule has 2 rings (SSSR count). The standard InChI is InChI=1S/C16H26N8O.ClH/c1-6-8-17-15-19-12-10-18-16(22-24(9-7-2)11(3)25)20-13(12)14(21-15)23(4)5;/h10H,6-9H2,1-5H3,(H,17,19,21)(H,18,20,22);1H. The first-order valence-electron chi connectivity index (χ1n) is 8.47. The summed E-state index contributed by atoms with van der Waals surface area (Å²) >= 11 is 0. The number of fused-ring (bicyclic) bond motifs is 1. The highest BCUT2D eigenvalue weighted by Gasteiger charge is 2.14. The van der Waals surface area contributed by atoms with Gasteiger partial charge in [0.25, 0.3) is 0 Å². The quantitative estimate of drug-likeness (QED) is 0.671. The number of nitrogens with one attached hydrogen (secondary N) is 2. The fraction of sp³-hybridized carbons (Fsp3) is 0.562. The van der Waals surface area contributed by atoms with Crippen LogP contribution in [0.4, 0.5) is 17.7 Å². The number of carbonyl (C=O) groups excluding carboxylic acids is 1. The molecule has 0 bridgehead atoms. The molecule has 1 amide bonds. The maximum Gasteiger partial charge on any atom is 0.242 e. The Morgan fingerprint density at radius 1 is 1.12 bits per heavy atom. The minimum atomic E-state index is -0.0891. The first kappa shape index (κ1) is 21.6. The van der Waals surface area contributed by atoms with Gasteiger partial charge in [-0.25, -0.2) is 15.0 Å². The van der Waals surface area contributed by atoms with Gasteiger partial charge in [0, 0.05) is 34.1 Å². The lowest BCUT2D eigenvalue weighted by atomic mass is 10.4. The van der Waals surface area contributed by atoms with Gasteiger partial charge in [0.05, 0.1) is 6.20 Å². The number of aromatic nitrogens is 4. The minimum absolute atomic E-state index is 0. The summed E-state index contributed by atoms with van der Waals surface area (Å²) < 4.78 is 0. The van der Waals surface area contributed by atoms with Crippen molar-refractivity contribution in [1.82, 2.24) is 24.9 Å². The topological polar surface area (TPSA) is 99.2 Å². The summed E-state index contributed by atoms with van der Waals surface area (Å²) in [6.45, 7) is 6.96. The van der Waals surface area contributed by atoms with Crippen LogP contribution >= 0.6 is 12.4 Å². The molecule has 0 atom stereocenters. The van der Waals surface area contributed by atoms with Crippen molar-refractivity contribution < 1.29 is 4.79 Å². The van der Waals surface area contributed by atoms with Gasteiger partial charge in [-0.3, -0.25) is 15.2 Å². The van der Waals surface area contributed by atoms with Crippen molar-refractivity contribution in [3.63, 3.8) is 0 Å². The van der Waals surface area contributed by atoms with E-state index in [0.717, 1.165) is 19.4 Å². The van der Waals surface area contributed by atoms with E-state index in [9.17, 15) is 4.79 Å². The second-order valence-electron chi connectivity index (χ2n) is 5.90. The molecule has 0 fully saturated rings. The van der Waals surface area contributed by atoms with Crippen molar-refractivity contribution in [2.24, 2.45) is 0 Å². The summed E-state index contributed by atoms with van der Waals surface area (Å²) in [5.74, 6) is 1.50. The number of nitrogens with zero attached hydrogens (tertiary/aromatic N) is 6. The lowest BCUT2D eigenvalue weighted by Gasteiger charge is -2.21. The van der Waals surface area contributed by atoms with Crippen molar-refractivity contribution in [3.8, 4) is 0 Å². The third-order valence-electron chi connectivity index (χ3n) is 3.44. The van der Waals surface area contributed by atoms with Crippen molar-refractivity contribution in [2.45, 2.75) is 33.6 Å². The van der Waals surface area contributed by atoms with Gasteiger partial charge in [0.15, 0.2) is 5.82 Å². The molecule has 0 unspecified atom stereocenters. The zero-order valence-corrected chi connectivity index (χ0v) is 16.7. The summed E-state index contributed by atoms with van der Waals surface area (Å²) in [5.41, 5.74) is 4.23. The molecule has 0 radical (unpaired) electrons. The molecule has 2 N–H and O–H groups in total. The molecule has 0 aromatic carbocycles. The first-order chi connectivity index (χ1) is 12.0. The van der Waals surface area contributed by atoms with Crippen LogP contribution < -0.4 is 15.6 Å². The molecular formula is C16H27ClN8O. The number of amides is 1. The average Bonchev–Trinajstić information content (AvgIpc) is 2.58. The maximum atomic E-state index is 11.7. The van der Waals surface area contributed by atoms with E-state index in [1.165, 1.54) is 11.9 Å². The Bertz CT molecular complexity index is 740. The average molecular weight is 383 g/mol. The van der Waals surface area contributed by atoms with E-state index in [1.54, 1.807) is 6.20 Å². The molecule has 9 nitrogen and oxygen atoms in total. The van der Waals surface area contributed by atoms with Crippen LogP contribution in [-0.4, -0.2) is 58.0 Å². The third-order valence-corrected chi connectivity index (χ3v) is 3.44. The van der Waals surface area contributed by atoms with Crippen LogP contribution in [0.2, 0.25) is 0 Å². The molecule has 0 saturated heterocycles. The Morgan fingerprint density at radius 2 is 1.85 bits per heavy atom. The zero-order valence-electron chi connectivity index (χ0n) is 15.9. The van der Waals surface area contributed by atoms with Gasteiger partial charge in [-0.1, -0.05) is 13.8 Å². The Hall–Kier alpha value is -2.42.